The zero-order valence-corrected chi connectivity index (χ0v) is 24.6. The van der Waals surface area contributed by atoms with Gasteiger partial charge < -0.3 is 19.1 Å². The maximum atomic E-state index is 11.6. The lowest BCUT2D eigenvalue weighted by Crippen LogP contribution is -2.19. The quantitative estimate of drug-likeness (QED) is 0.219. The van der Waals surface area contributed by atoms with Crippen LogP contribution in [0.4, 0.5) is 5.69 Å². The Morgan fingerprint density at radius 3 is 2.45 bits per heavy atom. The number of halogens is 1. The van der Waals surface area contributed by atoms with Crippen molar-refractivity contribution in [2.24, 2.45) is 4.99 Å². The largest absolute Gasteiger partial charge is 0.497 e. The summed E-state index contributed by atoms with van der Waals surface area (Å²) in [5, 5.41) is 14.0. The molecule has 6 nitrogen and oxygen atoms in total. The first-order chi connectivity index (χ1) is 20.5. The smallest absolute Gasteiger partial charge is 0.199 e. The fourth-order valence-corrected chi connectivity index (χ4v) is 5.97. The highest BCUT2D eigenvalue weighted by molar-refractivity contribution is 9.10. The average molecular weight is 617 g/mol. The predicted octanol–water partition coefficient (Wildman–Crippen LogP) is 7.00. The summed E-state index contributed by atoms with van der Waals surface area (Å²) >= 11 is 3.62. The highest BCUT2D eigenvalue weighted by Crippen LogP contribution is 2.37. The van der Waals surface area contributed by atoms with Gasteiger partial charge in [-0.1, -0.05) is 64.5 Å². The van der Waals surface area contributed by atoms with Crippen molar-refractivity contribution in [2.45, 2.75) is 6.54 Å². The molecule has 0 saturated heterocycles. The first-order valence-corrected chi connectivity index (χ1v) is 14.3. The van der Waals surface area contributed by atoms with E-state index in [2.05, 4.69) is 34.1 Å². The van der Waals surface area contributed by atoms with E-state index in [-0.39, 0.29) is 5.88 Å². The number of hydrogen-bond donors (Lipinski definition) is 1. The summed E-state index contributed by atoms with van der Waals surface area (Å²) in [4.78, 5) is 10.1. The van der Waals surface area contributed by atoms with Crippen LogP contribution in [-0.4, -0.2) is 28.9 Å². The molecular formula is C35H26BrN3O3. The monoisotopic (exact) mass is 615 g/mol. The molecular weight excluding hydrogens is 590 g/mol. The summed E-state index contributed by atoms with van der Waals surface area (Å²) in [5.74, 6) is 1.54. The minimum atomic E-state index is 0.180. The van der Waals surface area contributed by atoms with Crippen LogP contribution in [0, 0.1) is 0 Å². The summed E-state index contributed by atoms with van der Waals surface area (Å²) in [7, 11) is 3.28. The highest BCUT2D eigenvalue weighted by atomic mass is 79.9. The zero-order valence-electron chi connectivity index (χ0n) is 23.0. The Balaban J connectivity index is 1.51. The number of aromatic nitrogens is 2. The number of ether oxygens (including phenoxy) is 2. The van der Waals surface area contributed by atoms with E-state index in [1.54, 1.807) is 14.2 Å². The minimum Gasteiger partial charge on any atom is -0.497 e. The lowest BCUT2D eigenvalue weighted by molar-refractivity contribution is 0.404. The molecule has 3 heterocycles. The number of hydrogen-bond acceptors (Lipinski definition) is 5. The number of methoxy groups -OCH3 is 2. The van der Waals surface area contributed by atoms with Crippen LogP contribution >= 0.6 is 15.9 Å². The number of pyridine rings is 1. The number of para-hydroxylation sites is 1. The van der Waals surface area contributed by atoms with Crippen LogP contribution < -0.4 is 20.2 Å². The van der Waals surface area contributed by atoms with Crippen molar-refractivity contribution < 1.29 is 14.6 Å². The molecule has 7 heteroatoms. The molecule has 1 aliphatic heterocycles. The van der Waals surface area contributed by atoms with Gasteiger partial charge in [-0.15, -0.1) is 0 Å². The SMILES string of the molecule is COc1ccc(OC)c(-c2nc(=Cc3c(O)n(Cc4ccccc4)c4ccc(Br)cc34)cc3c2=Nc2ccccc2-3)c1. The molecule has 0 amide bonds. The second-order valence-electron chi connectivity index (χ2n) is 10.1. The average Bonchev–Trinajstić information content (AvgIpc) is 3.51. The number of aromatic hydroxyl groups is 1. The predicted molar refractivity (Wildman–Crippen MR) is 169 cm³/mol. The molecule has 0 spiro atoms. The summed E-state index contributed by atoms with van der Waals surface area (Å²) in [6.07, 6.45) is 1.95. The minimum absolute atomic E-state index is 0.180. The first kappa shape index (κ1) is 26.0. The van der Waals surface area contributed by atoms with E-state index in [0.29, 0.717) is 34.7 Å². The van der Waals surface area contributed by atoms with Gasteiger partial charge in [0.05, 0.1) is 42.7 Å². The molecule has 0 bridgehead atoms. The zero-order chi connectivity index (χ0) is 28.8. The second kappa shape index (κ2) is 10.5. The van der Waals surface area contributed by atoms with Crippen molar-refractivity contribution in [1.29, 1.82) is 0 Å². The third kappa shape index (κ3) is 4.43. The number of nitrogens with zero attached hydrogens (tertiary/aromatic N) is 3. The van der Waals surface area contributed by atoms with Crippen LogP contribution in [0.25, 0.3) is 39.4 Å². The molecule has 0 radical (unpaired) electrons. The molecule has 2 aromatic heterocycles. The molecule has 4 aromatic carbocycles. The van der Waals surface area contributed by atoms with E-state index in [0.717, 1.165) is 48.7 Å². The van der Waals surface area contributed by atoms with Gasteiger partial charge in [-0.05, 0) is 60.2 Å². The Morgan fingerprint density at radius 1 is 0.833 bits per heavy atom. The standard InChI is InChI=1S/C35H26BrN3O3/c1-41-24-13-15-32(42-2)29(19-24)34-33-27(25-10-6-7-11-30(25)38-33)17-23(37-34)18-28-26-16-22(36)12-14-31(26)39(35(28)40)20-21-8-4-3-5-9-21/h3-19,40H,20H2,1-2H3. The Hall–Kier alpha value is -4.88. The van der Waals surface area contributed by atoms with E-state index in [9.17, 15) is 5.11 Å². The second-order valence-corrected chi connectivity index (χ2v) is 11.0. The van der Waals surface area contributed by atoms with Gasteiger partial charge in [0, 0.05) is 32.1 Å². The third-order valence-corrected chi connectivity index (χ3v) is 8.11. The van der Waals surface area contributed by atoms with Crippen molar-refractivity contribution in [3.63, 3.8) is 0 Å². The van der Waals surface area contributed by atoms with Crippen LogP contribution in [-0.2, 0) is 6.54 Å². The highest BCUT2D eigenvalue weighted by Gasteiger charge is 2.22. The van der Waals surface area contributed by atoms with E-state index in [1.807, 2.05) is 89.5 Å². The van der Waals surface area contributed by atoms with Crippen LogP contribution in [0.2, 0.25) is 0 Å². The van der Waals surface area contributed by atoms with E-state index >= 15 is 0 Å². The topological polar surface area (TPSA) is 68.9 Å². The van der Waals surface area contributed by atoms with Crippen LogP contribution in [0.1, 0.15) is 11.1 Å². The molecule has 0 atom stereocenters. The molecule has 42 heavy (non-hydrogen) atoms. The molecule has 0 saturated carbocycles. The van der Waals surface area contributed by atoms with Gasteiger partial charge in [0.25, 0.3) is 0 Å². The summed E-state index contributed by atoms with van der Waals surface area (Å²) < 4.78 is 14.2. The maximum Gasteiger partial charge on any atom is 0.199 e. The summed E-state index contributed by atoms with van der Waals surface area (Å²) in [5.41, 5.74) is 7.08. The Morgan fingerprint density at radius 2 is 1.64 bits per heavy atom. The molecule has 0 aliphatic carbocycles. The van der Waals surface area contributed by atoms with Gasteiger partial charge in [0.2, 0.25) is 0 Å². The Labute approximate surface area is 251 Å². The summed E-state index contributed by atoms with van der Waals surface area (Å²) in [6, 6.07) is 32.0. The molecule has 1 N–H and O–H groups in total. The van der Waals surface area contributed by atoms with Crippen molar-refractivity contribution >= 4 is 38.6 Å². The van der Waals surface area contributed by atoms with Crippen molar-refractivity contribution in [3.8, 4) is 39.8 Å². The fourth-order valence-electron chi connectivity index (χ4n) is 5.61. The Bertz CT molecular complexity index is 2120. The number of rotatable bonds is 6. The van der Waals surface area contributed by atoms with Crippen molar-refractivity contribution in [2.75, 3.05) is 14.2 Å². The first-order valence-electron chi connectivity index (χ1n) is 13.5. The third-order valence-electron chi connectivity index (χ3n) is 7.61. The van der Waals surface area contributed by atoms with Gasteiger partial charge in [-0.2, -0.15) is 0 Å². The molecule has 6 aromatic rings. The number of fused-ring (bicyclic) bond motifs is 4. The van der Waals surface area contributed by atoms with E-state index < -0.39 is 0 Å². The van der Waals surface area contributed by atoms with Crippen molar-refractivity contribution in [3.05, 3.63) is 123 Å². The van der Waals surface area contributed by atoms with Gasteiger partial charge in [0.1, 0.15) is 17.2 Å². The lowest BCUT2D eigenvalue weighted by Gasteiger charge is -2.11. The fraction of sp³-hybridized carbons (Fsp3) is 0.0857. The number of benzene rings is 4. The summed E-state index contributed by atoms with van der Waals surface area (Å²) in [6.45, 7) is 0.536. The van der Waals surface area contributed by atoms with E-state index in [1.165, 1.54) is 0 Å². The maximum absolute atomic E-state index is 11.6. The molecule has 7 rings (SSSR count). The molecule has 1 aliphatic rings. The Kier molecular flexibility index (Phi) is 6.52. The van der Waals surface area contributed by atoms with Gasteiger partial charge in [-0.25, -0.2) is 9.98 Å². The van der Waals surface area contributed by atoms with Crippen LogP contribution in [0.15, 0.2) is 107 Å². The molecule has 206 valence electrons. The van der Waals surface area contributed by atoms with Gasteiger partial charge in [-0.3, -0.25) is 0 Å². The van der Waals surface area contributed by atoms with Crippen LogP contribution in [0.3, 0.4) is 0 Å². The molecule has 0 fully saturated rings. The molecule has 0 unspecified atom stereocenters. The van der Waals surface area contributed by atoms with Gasteiger partial charge in [0.15, 0.2) is 5.88 Å². The normalized spacial score (nSPS) is 12.2. The van der Waals surface area contributed by atoms with Crippen LogP contribution in [0.5, 0.6) is 17.4 Å². The lowest BCUT2D eigenvalue weighted by atomic mass is 10.0. The van der Waals surface area contributed by atoms with Gasteiger partial charge >= 0.3 is 0 Å². The van der Waals surface area contributed by atoms with Crippen molar-refractivity contribution in [1.82, 2.24) is 9.55 Å². The van der Waals surface area contributed by atoms with E-state index in [4.69, 9.17) is 19.5 Å².